The van der Waals surface area contributed by atoms with Crippen LogP contribution in [0.2, 0.25) is 0 Å². The van der Waals surface area contributed by atoms with E-state index < -0.39 is 0 Å². The number of nitriles is 2. The van der Waals surface area contributed by atoms with Crippen molar-refractivity contribution in [2.45, 2.75) is 26.2 Å². The van der Waals surface area contributed by atoms with Gasteiger partial charge in [0.05, 0.1) is 24.0 Å². The lowest BCUT2D eigenvalue weighted by Gasteiger charge is -2.10. The van der Waals surface area contributed by atoms with Crippen molar-refractivity contribution >= 4 is 0 Å². The molecule has 0 fully saturated rings. The van der Waals surface area contributed by atoms with Crippen LogP contribution in [0.4, 0.5) is 0 Å². The lowest BCUT2D eigenvalue weighted by molar-refractivity contribution is 0.455. The summed E-state index contributed by atoms with van der Waals surface area (Å²) in [4.78, 5) is 0. The summed E-state index contributed by atoms with van der Waals surface area (Å²) < 4.78 is 0. The van der Waals surface area contributed by atoms with Gasteiger partial charge in [-0.25, -0.2) is 0 Å². The summed E-state index contributed by atoms with van der Waals surface area (Å²) in [6.45, 7) is 5.60. The first-order chi connectivity index (χ1) is 5.29. The zero-order valence-electron chi connectivity index (χ0n) is 6.88. The molecule has 0 aromatic heterocycles. The van der Waals surface area contributed by atoms with Gasteiger partial charge in [0.15, 0.2) is 0 Å². The quantitative estimate of drug-likeness (QED) is 0.615. The number of rotatable bonds is 4. The molecule has 0 aromatic carbocycles. The van der Waals surface area contributed by atoms with E-state index in [0.29, 0.717) is 0 Å². The van der Waals surface area contributed by atoms with E-state index in [9.17, 15) is 0 Å². The van der Waals surface area contributed by atoms with Gasteiger partial charge in [0.2, 0.25) is 0 Å². The van der Waals surface area contributed by atoms with Gasteiger partial charge in [0, 0.05) is 0 Å². The molecule has 0 N–H and O–H groups in total. The lowest BCUT2D eigenvalue weighted by atomic mass is 9.89. The minimum atomic E-state index is -0.123. The van der Waals surface area contributed by atoms with Crippen LogP contribution < -0.4 is 0 Å². The summed E-state index contributed by atoms with van der Waals surface area (Å²) in [6.07, 6.45) is 2.23. The SMILES string of the molecule is [CH2]CCC(C#N)C(C#N)CC. The highest BCUT2D eigenvalue weighted by atomic mass is 14.3. The Kier molecular flexibility index (Phi) is 5.21. The molecule has 59 valence electrons. The van der Waals surface area contributed by atoms with E-state index in [0.717, 1.165) is 19.3 Å². The van der Waals surface area contributed by atoms with Crippen LogP contribution in [-0.4, -0.2) is 0 Å². The minimum Gasteiger partial charge on any atom is -0.198 e. The maximum atomic E-state index is 8.66. The third-order valence-electron chi connectivity index (χ3n) is 1.77. The van der Waals surface area contributed by atoms with Gasteiger partial charge in [-0.15, -0.1) is 0 Å². The summed E-state index contributed by atoms with van der Waals surface area (Å²) in [5.74, 6) is -0.232. The molecule has 2 unspecified atom stereocenters. The fraction of sp³-hybridized carbons (Fsp3) is 0.667. The van der Waals surface area contributed by atoms with Crippen molar-refractivity contribution in [1.29, 1.82) is 10.5 Å². The Balaban J connectivity index is 4.03. The monoisotopic (exact) mass is 149 g/mol. The molecule has 0 spiro atoms. The van der Waals surface area contributed by atoms with E-state index in [1.165, 1.54) is 0 Å². The molecule has 0 saturated carbocycles. The standard InChI is InChI=1S/C9H13N2/c1-3-5-9(7-11)8(4-2)6-10/h8-9H,1,3-5H2,2H3. The summed E-state index contributed by atoms with van der Waals surface area (Å²) in [6, 6.07) is 4.28. The van der Waals surface area contributed by atoms with Crippen LogP contribution in [0.3, 0.4) is 0 Å². The molecule has 0 aromatic rings. The Hall–Kier alpha value is -1.02. The molecule has 11 heavy (non-hydrogen) atoms. The second kappa shape index (κ2) is 5.74. The maximum absolute atomic E-state index is 8.66. The topological polar surface area (TPSA) is 47.6 Å². The second-order valence-electron chi connectivity index (χ2n) is 2.52. The zero-order valence-corrected chi connectivity index (χ0v) is 6.88. The number of hydrogen-bond acceptors (Lipinski definition) is 2. The third kappa shape index (κ3) is 3.05. The van der Waals surface area contributed by atoms with Crippen molar-refractivity contribution in [3.05, 3.63) is 6.92 Å². The summed E-state index contributed by atoms with van der Waals surface area (Å²) in [5.41, 5.74) is 0. The molecular weight excluding hydrogens is 136 g/mol. The van der Waals surface area contributed by atoms with E-state index >= 15 is 0 Å². The molecule has 0 aliphatic rings. The first kappa shape index (κ1) is 9.98. The zero-order chi connectivity index (χ0) is 8.69. The molecule has 0 saturated heterocycles. The first-order valence-electron chi connectivity index (χ1n) is 3.88. The molecule has 0 heterocycles. The van der Waals surface area contributed by atoms with Crippen molar-refractivity contribution in [2.24, 2.45) is 11.8 Å². The van der Waals surface area contributed by atoms with E-state index in [4.69, 9.17) is 10.5 Å². The number of hydrogen-bond donors (Lipinski definition) is 0. The Morgan fingerprint density at radius 3 is 2.09 bits per heavy atom. The Labute approximate surface area is 68.4 Å². The molecule has 2 heteroatoms. The molecule has 0 rings (SSSR count). The van der Waals surface area contributed by atoms with Crippen molar-refractivity contribution in [3.63, 3.8) is 0 Å². The molecule has 0 aliphatic heterocycles. The van der Waals surface area contributed by atoms with Gasteiger partial charge in [-0.1, -0.05) is 20.3 Å². The highest BCUT2D eigenvalue weighted by molar-refractivity contribution is 4.97. The predicted molar refractivity (Wildman–Crippen MR) is 43.1 cm³/mol. The van der Waals surface area contributed by atoms with Crippen LogP contribution in [-0.2, 0) is 0 Å². The highest BCUT2D eigenvalue weighted by Crippen LogP contribution is 2.18. The van der Waals surface area contributed by atoms with Crippen LogP contribution in [0.25, 0.3) is 0 Å². The smallest absolute Gasteiger partial charge is 0.0669 e. The van der Waals surface area contributed by atoms with Crippen molar-refractivity contribution in [2.75, 3.05) is 0 Å². The van der Waals surface area contributed by atoms with Gasteiger partial charge < -0.3 is 0 Å². The fourth-order valence-corrected chi connectivity index (χ4v) is 1.04. The minimum absolute atomic E-state index is 0.109. The number of nitrogens with zero attached hydrogens (tertiary/aromatic N) is 2. The van der Waals surface area contributed by atoms with Gasteiger partial charge in [0.1, 0.15) is 0 Å². The lowest BCUT2D eigenvalue weighted by Crippen LogP contribution is -2.09. The summed E-state index contributed by atoms with van der Waals surface area (Å²) in [7, 11) is 0. The summed E-state index contributed by atoms with van der Waals surface area (Å²) >= 11 is 0. The van der Waals surface area contributed by atoms with Crippen molar-refractivity contribution in [3.8, 4) is 12.1 Å². The highest BCUT2D eigenvalue weighted by Gasteiger charge is 2.17. The third-order valence-corrected chi connectivity index (χ3v) is 1.77. The van der Waals surface area contributed by atoms with Crippen LogP contribution in [0.15, 0.2) is 0 Å². The molecule has 0 amide bonds. The van der Waals surface area contributed by atoms with E-state index in [2.05, 4.69) is 19.1 Å². The largest absolute Gasteiger partial charge is 0.198 e. The fourth-order valence-electron chi connectivity index (χ4n) is 1.04. The Morgan fingerprint density at radius 2 is 1.82 bits per heavy atom. The van der Waals surface area contributed by atoms with Crippen LogP contribution in [0, 0.1) is 41.4 Å². The molecule has 0 bridgehead atoms. The van der Waals surface area contributed by atoms with Crippen LogP contribution in [0.1, 0.15) is 26.2 Å². The van der Waals surface area contributed by atoms with Gasteiger partial charge in [-0.2, -0.15) is 10.5 Å². The van der Waals surface area contributed by atoms with Crippen molar-refractivity contribution < 1.29 is 0 Å². The molecular formula is C9H13N2. The van der Waals surface area contributed by atoms with E-state index in [-0.39, 0.29) is 11.8 Å². The van der Waals surface area contributed by atoms with Gasteiger partial charge in [-0.3, -0.25) is 0 Å². The van der Waals surface area contributed by atoms with Crippen molar-refractivity contribution in [1.82, 2.24) is 0 Å². The Bertz CT molecular complexity index is 173. The summed E-state index contributed by atoms with van der Waals surface area (Å²) in [5, 5.41) is 17.3. The first-order valence-corrected chi connectivity index (χ1v) is 3.88. The molecule has 2 nitrogen and oxygen atoms in total. The normalized spacial score (nSPS) is 14.5. The van der Waals surface area contributed by atoms with Crippen LogP contribution >= 0.6 is 0 Å². The molecule has 0 aliphatic carbocycles. The van der Waals surface area contributed by atoms with Crippen LogP contribution in [0.5, 0.6) is 0 Å². The predicted octanol–water partition coefficient (Wildman–Crippen LogP) is 2.29. The maximum Gasteiger partial charge on any atom is 0.0669 e. The Morgan fingerprint density at radius 1 is 1.27 bits per heavy atom. The van der Waals surface area contributed by atoms with Gasteiger partial charge >= 0.3 is 0 Å². The van der Waals surface area contributed by atoms with Gasteiger partial charge in [-0.05, 0) is 12.8 Å². The average molecular weight is 149 g/mol. The molecule has 1 radical (unpaired) electrons. The molecule has 2 atom stereocenters. The van der Waals surface area contributed by atoms with E-state index in [1.807, 2.05) is 6.92 Å². The average Bonchev–Trinajstić information content (AvgIpc) is 2.05. The second-order valence-corrected chi connectivity index (χ2v) is 2.52. The van der Waals surface area contributed by atoms with E-state index in [1.54, 1.807) is 0 Å². The van der Waals surface area contributed by atoms with Gasteiger partial charge in [0.25, 0.3) is 0 Å².